The summed E-state index contributed by atoms with van der Waals surface area (Å²) in [6.45, 7) is 3.00. The molecule has 1 amide bonds. The highest BCUT2D eigenvalue weighted by Crippen LogP contribution is 2.23. The third kappa shape index (κ3) is 2.64. The molecule has 1 aromatic rings. The van der Waals surface area contributed by atoms with E-state index in [2.05, 4.69) is 0 Å². The molecule has 17 heavy (non-hydrogen) atoms. The molecule has 1 fully saturated rings. The maximum atomic E-state index is 12.2. The van der Waals surface area contributed by atoms with E-state index in [0.717, 1.165) is 0 Å². The van der Waals surface area contributed by atoms with Crippen molar-refractivity contribution in [2.24, 2.45) is 7.05 Å². The minimum absolute atomic E-state index is 0.0186. The molecule has 0 saturated carbocycles. The summed E-state index contributed by atoms with van der Waals surface area (Å²) in [5.74, 6) is -0.0186. The van der Waals surface area contributed by atoms with Crippen LogP contribution in [0.15, 0.2) is 12.3 Å². The first-order valence-electron chi connectivity index (χ1n) is 5.72. The Labute approximate surface area is 106 Å². The Balaban J connectivity index is 2.09. The molecule has 0 spiro atoms. The summed E-state index contributed by atoms with van der Waals surface area (Å²) in [5.41, 5.74) is -0.0423. The summed E-state index contributed by atoms with van der Waals surface area (Å²) in [5, 5.41) is 10.4. The zero-order chi connectivity index (χ0) is 12.6. The molecule has 94 valence electrons. The van der Waals surface area contributed by atoms with Gasteiger partial charge in [0.2, 0.25) is 0 Å². The zero-order valence-corrected chi connectivity index (χ0v) is 10.9. The van der Waals surface area contributed by atoms with Crippen LogP contribution in [0, 0.1) is 0 Å². The lowest BCUT2D eigenvalue weighted by Crippen LogP contribution is -2.45. The molecule has 0 radical (unpaired) electrons. The van der Waals surface area contributed by atoms with Gasteiger partial charge < -0.3 is 14.6 Å². The van der Waals surface area contributed by atoms with Gasteiger partial charge in [-0.15, -0.1) is 0 Å². The number of aliphatic hydroxyl groups is 1. The highest BCUT2D eigenvalue weighted by molar-refractivity contribution is 6.31. The molecule has 4 nitrogen and oxygen atoms in total. The minimum Gasteiger partial charge on any atom is -0.390 e. The summed E-state index contributed by atoms with van der Waals surface area (Å²) in [6.07, 6.45) is 2.96. The van der Waals surface area contributed by atoms with Gasteiger partial charge in [0.25, 0.3) is 5.91 Å². The molecule has 0 bridgehead atoms. The van der Waals surface area contributed by atoms with Gasteiger partial charge in [0, 0.05) is 26.3 Å². The second-order valence-electron chi connectivity index (χ2n) is 4.94. The molecular formula is C12H17ClN2O2. The van der Waals surface area contributed by atoms with Crippen molar-refractivity contribution in [2.45, 2.75) is 25.4 Å². The fourth-order valence-electron chi connectivity index (χ4n) is 2.09. The number of nitrogens with zero attached hydrogens (tertiary/aromatic N) is 2. The van der Waals surface area contributed by atoms with E-state index < -0.39 is 5.60 Å². The third-order valence-corrected chi connectivity index (χ3v) is 3.53. The fraction of sp³-hybridized carbons (Fsp3) is 0.583. The molecule has 1 N–H and O–H groups in total. The number of hydrogen-bond donors (Lipinski definition) is 1. The maximum absolute atomic E-state index is 12.2. The number of likely N-dealkylation sites (tertiary alicyclic amines) is 1. The quantitative estimate of drug-likeness (QED) is 0.831. The van der Waals surface area contributed by atoms with E-state index >= 15 is 0 Å². The van der Waals surface area contributed by atoms with Crippen molar-refractivity contribution in [3.8, 4) is 0 Å². The Kier molecular flexibility index (Phi) is 3.19. The second-order valence-corrected chi connectivity index (χ2v) is 5.38. The van der Waals surface area contributed by atoms with E-state index in [1.54, 1.807) is 28.8 Å². The number of aromatic nitrogens is 1. The number of piperidine rings is 1. The monoisotopic (exact) mass is 256 g/mol. The first-order chi connectivity index (χ1) is 7.89. The molecule has 1 aliphatic heterocycles. The maximum Gasteiger partial charge on any atom is 0.270 e. The van der Waals surface area contributed by atoms with Gasteiger partial charge in [-0.1, -0.05) is 11.6 Å². The van der Waals surface area contributed by atoms with Gasteiger partial charge >= 0.3 is 0 Å². The smallest absolute Gasteiger partial charge is 0.270 e. The molecule has 1 saturated heterocycles. The van der Waals surface area contributed by atoms with Crippen molar-refractivity contribution < 1.29 is 9.90 Å². The lowest BCUT2D eigenvalue weighted by Gasteiger charge is -2.35. The van der Waals surface area contributed by atoms with Gasteiger partial charge in [-0.2, -0.15) is 0 Å². The van der Waals surface area contributed by atoms with E-state index in [9.17, 15) is 9.90 Å². The van der Waals surface area contributed by atoms with E-state index in [0.29, 0.717) is 36.6 Å². The predicted octanol–water partition coefficient (Wildman–Crippen LogP) is 1.67. The first-order valence-corrected chi connectivity index (χ1v) is 6.10. The van der Waals surface area contributed by atoms with E-state index in [1.807, 2.05) is 6.92 Å². The average molecular weight is 257 g/mol. The van der Waals surface area contributed by atoms with Gasteiger partial charge in [-0.3, -0.25) is 4.79 Å². The molecule has 0 atom stereocenters. The van der Waals surface area contributed by atoms with Crippen LogP contribution in [0.3, 0.4) is 0 Å². The number of halogens is 1. The standard InChI is InChI=1S/C12H17ClN2O2/c1-12(17)3-5-15(6-4-12)11(16)10-7-9(13)8-14(10)2/h7-8,17H,3-6H2,1-2H3. The molecule has 5 heteroatoms. The first kappa shape index (κ1) is 12.5. The molecule has 1 aromatic heterocycles. The normalized spacial score (nSPS) is 19.4. The van der Waals surface area contributed by atoms with Crippen molar-refractivity contribution in [3.05, 3.63) is 23.0 Å². The Hall–Kier alpha value is -1.00. The van der Waals surface area contributed by atoms with E-state index in [4.69, 9.17) is 11.6 Å². The van der Waals surface area contributed by atoms with Crippen LogP contribution in [-0.2, 0) is 7.05 Å². The Morgan fingerprint density at radius 1 is 1.47 bits per heavy atom. The van der Waals surface area contributed by atoms with Crippen molar-refractivity contribution in [3.63, 3.8) is 0 Å². The average Bonchev–Trinajstić information content (AvgIpc) is 2.57. The van der Waals surface area contributed by atoms with Crippen molar-refractivity contribution >= 4 is 17.5 Å². The van der Waals surface area contributed by atoms with Crippen LogP contribution >= 0.6 is 11.6 Å². The number of carbonyl (C=O) groups excluding carboxylic acids is 1. The summed E-state index contributed by atoms with van der Waals surface area (Å²) >= 11 is 5.86. The van der Waals surface area contributed by atoms with Gasteiger partial charge in [0.1, 0.15) is 5.69 Å². The summed E-state index contributed by atoms with van der Waals surface area (Å²) in [7, 11) is 1.80. The molecule has 0 aliphatic carbocycles. The Morgan fingerprint density at radius 2 is 2.06 bits per heavy atom. The number of amides is 1. The van der Waals surface area contributed by atoms with Crippen LogP contribution in [0.5, 0.6) is 0 Å². The number of hydrogen-bond acceptors (Lipinski definition) is 2. The van der Waals surface area contributed by atoms with Crippen LogP contribution in [0.2, 0.25) is 5.02 Å². The number of rotatable bonds is 1. The van der Waals surface area contributed by atoms with Gasteiger partial charge in [0.05, 0.1) is 10.6 Å². The lowest BCUT2D eigenvalue weighted by atomic mass is 9.94. The zero-order valence-electron chi connectivity index (χ0n) is 10.1. The summed E-state index contributed by atoms with van der Waals surface area (Å²) < 4.78 is 1.73. The van der Waals surface area contributed by atoms with Crippen LogP contribution in [0.4, 0.5) is 0 Å². The number of aryl methyl sites for hydroxylation is 1. The third-order valence-electron chi connectivity index (χ3n) is 3.32. The van der Waals surface area contributed by atoms with Crippen LogP contribution in [0.1, 0.15) is 30.3 Å². The Morgan fingerprint density at radius 3 is 2.53 bits per heavy atom. The summed E-state index contributed by atoms with van der Waals surface area (Å²) in [6, 6.07) is 1.68. The predicted molar refractivity (Wildman–Crippen MR) is 66.2 cm³/mol. The van der Waals surface area contributed by atoms with E-state index in [1.165, 1.54) is 0 Å². The molecule has 2 rings (SSSR count). The molecule has 0 aromatic carbocycles. The highest BCUT2D eigenvalue weighted by Gasteiger charge is 2.30. The van der Waals surface area contributed by atoms with Crippen LogP contribution in [-0.4, -0.2) is 39.2 Å². The lowest BCUT2D eigenvalue weighted by molar-refractivity contribution is -0.00228. The van der Waals surface area contributed by atoms with Crippen molar-refractivity contribution in [1.29, 1.82) is 0 Å². The number of carbonyl (C=O) groups is 1. The largest absolute Gasteiger partial charge is 0.390 e. The van der Waals surface area contributed by atoms with Gasteiger partial charge in [-0.05, 0) is 25.8 Å². The molecular weight excluding hydrogens is 240 g/mol. The van der Waals surface area contributed by atoms with Gasteiger partial charge in [-0.25, -0.2) is 0 Å². The molecule has 2 heterocycles. The van der Waals surface area contributed by atoms with Crippen LogP contribution in [0.25, 0.3) is 0 Å². The summed E-state index contributed by atoms with van der Waals surface area (Å²) in [4.78, 5) is 14.0. The van der Waals surface area contributed by atoms with Crippen molar-refractivity contribution in [2.75, 3.05) is 13.1 Å². The fourth-order valence-corrected chi connectivity index (χ4v) is 2.34. The minimum atomic E-state index is -0.636. The molecule has 1 aliphatic rings. The second kappa shape index (κ2) is 4.35. The van der Waals surface area contributed by atoms with Crippen molar-refractivity contribution in [1.82, 2.24) is 9.47 Å². The topological polar surface area (TPSA) is 45.5 Å². The molecule has 0 unspecified atom stereocenters. The van der Waals surface area contributed by atoms with Crippen LogP contribution < -0.4 is 0 Å². The van der Waals surface area contributed by atoms with Gasteiger partial charge in [0.15, 0.2) is 0 Å². The highest BCUT2D eigenvalue weighted by atomic mass is 35.5. The van der Waals surface area contributed by atoms with E-state index in [-0.39, 0.29) is 5.91 Å². The Bertz CT molecular complexity index is 430. The SMILES string of the molecule is Cn1cc(Cl)cc1C(=O)N1CCC(C)(O)CC1.